The van der Waals surface area contributed by atoms with Gasteiger partial charge in [-0.05, 0) is 49.6 Å². The predicted molar refractivity (Wildman–Crippen MR) is 112 cm³/mol. The van der Waals surface area contributed by atoms with Crippen LogP contribution in [0.5, 0.6) is 0 Å². The second kappa shape index (κ2) is 8.25. The summed E-state index contributed by atoms with van der Waals surface area (Å²) in [5, 5.41) is 13.5. The van der Waals surface area contributed by atoms with E-state index in [1.165, 1.54) is 6.21 Å². The van der Waals surface area contributed by atoms with Crippen LogP contribution in [0.15, 0.2) is 59.6 Å². The zero-order valence-corrected chi connectivity index (χ0v) is 16.3. The first kappa shape index (κ1) is 20.0. The molecule has 1 fully saturated rings. The van der Waals surface area contributed by atoms with E-state index in [0.717, 1.165) is 11.4 Å². The van der Waals surface area contributed by atoms with Crippen LogP contribution in [-0.2, 0) is 4.79 Å². The Balaban J connectivity index is 1.51. The predicted octanol–water partition coefficient (Wildman–Crippen LogP) is 0.746. The average Bonchev–Trinajstić information content (AvgIpc) is 3.27. The van der Waals surface area contributed by atoms with E-state index >= 15 is 0 Å². The van der Waals surface area contributed by atoms with E-state index in [4.69, 9.17) is 11.5 Å². The van der Waals surface area contributed by atoms with Crippen molar-refractivity contribution in [3.05, 3.63) is 54.6 Å². The van der Waals surface area contributed by atoms with Gasteiger partial charge in [-0.3, -0.25) is 10.1 Å². The minimum absolute atomic E-state index is 0.416. The van der Waals surface area contributed by atoms with Crippen LogP contribution in [0.4, 0.5) is 10.1 Å². The molecule has 1 amide bonds. The van der Waals surface area contributed by atoms with Gasteiger partial charge in [0.15, 0.2) is 0 Å². The van der Waals surface area contributed by atoms with Gasteiger partial charge >= 0.3 is 0 Å². The number of hydrogen-bond donors (Lipinski definition) is 5. The number of hydrogen-bond acceptors (Lipinski definition) is 7. The number of primary amides is 1. The summed E-state index contributed by atoms with van der Waals surface area (Å²) in [7, 11) is 0. The second-order valence-corrected chi connectivity index (χ2v) is 7.46. The Bertz CT molecular complexity index is 959. The molecule has 1 unspecified atom stereocenters. The quantitative estimate of drug-likeness (QED) is 0.475. The maximum atomic E-state index is 14.1. The SMILES string of the molecule is NC(=O)C1(N[C@@H]2CCC[C@H](F)[C@@H]2N)N=CC=C(Nc2cccc(-n3cccn3)c2)N1. The number of halogens is 1. The summed E-state index contributed by atoms with van der Waals surface area (Å²) in [6.07, 6.45) is 7.30. The van der Waals surface area contributed by atoms with E-state index < -0.39 is 29.9 Å². The zero-order valence-electron chi connectivity index (χ0n) is 16.3. The Morgan fingerprint density at radius 2 is 2.20 bits per heavy atom. The number of anilines is 1. The van der Waals surface area contributed by atoms with Crippen LogP contribution in [-0.4, -0.2) is 45.9 Å². The van der Waals surface area contributed by atoms with Gasteiger partial charge in [-0.2, -0.15) is 5.10 Å². The topological polar surface area (TPSA) is 135 Å². The number of benzene rings is 1. The molecule has 9 nitrogen and oxygen atoms in total. The molecule has 4 atom stereocenters. The fourth-order valence-electron chi connectivity index (χ4n) is 3.74. The molecule has 1 aromatic carbocycles. The van der Waals surface area contributed by atoms with Crippen molar-refractivity contribution >= 4 is 17.8 Å². The maximum Gasteiger partial charge on any atom is 0.282 e. The van der Waals surface area contributed by atoms with Gasteiger partial charge in [-0.15, -0.1) is 0 Å². The van der Waals surface area contributed by atoms with E-state index in [0.29, 0.717) is 25.1 Å². The Morgan fingerprint density at radius 3 is 2.97 bits per heavy atom. The van der Waals surface area contributed by atoms with Gasteiger partial charge in [-0.25, -0.2) is 14.1 Å². The highest BCUT2D eigenvalue weighted by Crippen LogP contribution is 2.24. The Morgan fingerprint density at radius 1 is 1.33 bits per heavy atom. The molecular formula is C20H25FN8O. The lowest BCUT2D eigenvalue weighted by atomic mass is 9.89. The summed E-state index contributed by atoms with van der Waals surface area (Å²) < 4.78 is 15.8. The van der Waals surface area contributed by atoms with Gasteiger partial charge in [0, 0.05) is 30.3 Å². The van der Waals surface area contributed by atoms with Gasteiger partial charge in [0.2, 0.25) is 0 Å². The highest BCUT2D eigenvalue weighted by atomic mass is 19.1. The molecule has 30 heavy (non-hydrogen) atoms. The molecule has 1 saturated carbocycles. The Hall–Kier alpha value is -3.24. The van der Waals surface area contributed by atoms with Crippen molar-refractivity contribution in [3.8, 4) is 5.69 Å². The molecule has 4 rings (SSSR count). The van der Waals surface area contributed by atoms with Crippen molar-refractivity contribution in [2.45, 2.75) is 43.3 Å². The molecule has 2 heterocycles. The number of aliphatic imine (C=N–C) groups is 1. The van der Waals surface area contributed by atoms with Gasteiger partial charge < -0.3 is 22.1 Å². The first-order valence-electron chi connectivity index (χ1n) is 9.85. The molecule has 0 bridgehead atoms. The van der Waals surface area contributed by atoms with Crippen LogP contribution in [0, 0.1) is 0 Å². The first-order chi connectivity index (χ1) is 14.5. The van der Waals surface area contributed by atoms with Crippen LogP contribution < -0.4 is 27.4 Å². The molecule has 1 aromatic heterocycles. The van der Waals surface area contributed by atoms with Crippen molar-refractivity contribution in [2.24, 2.45) is 16.5 Å². The number of amides is 1. The summed E-state index contributed by atoms with van der Waals surface area (Å²) in [4.78, 5) is 16.6. The lowest BCUT2D eigenvalue weighted by molar-refractivity contribution is -0.125. The first-order valence-corrected chi connectivity index (χ1v) is 9.85. The number of allylic oxidation sites excluding steroid dienone is 1. The third-order valence-corrected chi connectivity index (χ3v) is 5.35. The van der Waals surface area contributed by atoms with Gasteiger partial charge in [0.05, 0.1) is 11.7 Å². The number of nitrogens with zero attached hydrogens (tertiary/aromatic N) is 3. The normalized spacial score (nSPS) is 28.5. The largest absolute Gasteiger partial charge is 0.365 e. The molecule has 7 N–H and O–H groups in total. The monoisotopic (exact) mass is 412 g/mol. The minimum Gasteiger partial charge on any atom is -0.365 e. The highest BCUT2D eigenvalue weighted by Gasteiger charge is 2.43. The number of carbonyl (C=O) groups excluding carboxylic acids is 1. The maximum absolute atomic E-state index is 14.1. The summed E-state index contributed by atoms with van der Waals surface area (Å²) in [5.74, 6) is -1.84. The van der Waals surface area contributed by atoms with Crippen molar-refractivity contribution in [2.75, 3.05) is 5.32 Å². The standard InChI is InChI=1S/C20H25FN8O/c21-15-6-2-7-16(18(15)22)27-20(19(23)30)24-10-8-17(28-20)26-13-4-1-5-14(12-13)29-11-3-9-25-29/h1,3-5,8-12,15-16,18,26-28H,2,6-7,22H2,(H2,23,30)/t15-,16+,18-,20?/m0/s1. The highest BCUT2D eigenvalue weighted by molar-refractivity contribution is 5.89. The van der Waals surface area contributed by atoms with Gasteiger partial charge in [-0.1, -0.05) is 6.07 Å². The molecule has 0 radical (unpaired) electrons. The third kappa shape index (κ3) is 4.05. The molecule has 1 aliphatic carbocycles. The smallest absolute Gasteiger partial charge is 0.282 e. The molecule has 0 spiro atoms. The molecule has 2 aromatic rings. The summed E-state index contributed by atoms with van der Waals surface area (Å²) in [6, 6.07) is 8.27. The summed E-state index contributed by atoms with van der Waals surface area (Å²) in [5.41, 5.74) is 13.3. The van der Waals surface area contributed by atoms with Crippen LogP contribution in [0.25, 0.3) is 5.69 Å². The van der Waals surface area contributed by atoms with E-state index in [1.807, 2.05) is 36.5 Å². The molecule has 10 heteroatoms. The molecule has 0 saturated heterocycles. The number of carbonyl (C=O) groups is 1. The van der Waals surface area contributed by atoms with E-state index in [2.05, 4.69) is 26.0 Å². The number of nitrogens with two attached hydrogens (primary N) is 2. The Labute approximate surface area is 173 Å². The number of rotatable bonds is 6. The Kier molecular flexibility index (Phi) is 5.51. The van der Waals surface area contributed by atoms with E-state index in [1.54, 1.807) is 17.0 Å². The minimum atomic E-state index is -1.62. The van der Waals surface area contributed by atoms with Crippen LogP contribution in [0.2, 0.25) is 0 Å². The van der Waals surface area contributed by atoms with Crippen molar-refractivity contribution in [1.82, 2.24) is 20.4 Å². The number of nitrogens with one attached hydrogen (secondary N) is 3. The number of aromatic nitrogens is 2. The lowest BCUT2D eigenvalue weighted by Crippen LogP contribution is -2.70. The molecular weight excluding hydrogens is 387 g/mol. The van der Waals surface area contributed by atoms with Crippen molar-refractivity contribution < 1.29 is 9.18 Å². The summed E-state index contributed by atoms with van der Waals surface area (Å²) in [6.45, 7) is 0. The fourth-order valence-corrected chi connectivity index (χ4v) is 3.74. The molecule has 2 aliphatic rings. The van der Waals surface area contributed by atoms with E-state index in [-0.39, 0.29) is 0 Å². The summed E-state index contributed by atoms with van der Waals surface area (Å²) >= 11 is 0. The van der Waals surface area contributed by atoms with Crippen LogP contribution in [0.3, 0.4) is 0 Å². The number of alkyl halides is 1. The van der Waals surface area contributed by atoms with Crippen molar-refractivity contribution in [3.63, 3.8) is 0 Å². The average molecular weight is 412 g/mol. The van der Waals surface area contributed by atoms with Crippen molar-refractivity contribution in [1.29, 1.82) is 0 Å². The fraction of sp³-hybridized carbons (Fsp3) is 0.350. The van der Waals surface area contributed by atoms with Crippen LogP contribution in [0.1, 0.15) is 19.3 Å². The van der Waals surface area contributed by atoms with Gasteiger partial charge in [0.1, 0.15) is 12.0 Å². The van der Waals surface area contributed by atoms with Gasteiger partial charge in [0.25, 0.3) is 11.7 Å². The third-order valence-electron chi connectivity index (χ3n) is 5.35. The molecule has 1 aliphatic heterocycles. The van der Waals surface area contributed by atoms with E-state index in [9.17, 15) is 9.18 Å². The molecule has 158 valence electrons. The van der Waals surface area contributed by atoms with Crippen LogP contribution >= 0.6 is 0 Å². The second-order valence-electron chi connectivity index (χ2n) is 7.46. The lowest BCUT2D eigenvalue weighted by Gasteiger charge is -2.40. The zero-order chi connectivity index (χ0) is 21.1.